The Kier molecular flexibility index (Phi) is 4.60. The fourth-order valence-corrected chi connectivity index (χ4v) is 3.94. The number of nitrogens with one attached hydrogen (secondary N) is 1. The second kappa shape index (κ2) is 7.18. The molecular weight excluding hydrogens is 320 g/mol. The molecule has 0 saturated carbocycles. The predicted molar refractivity (Wildman–Crippen MR) is 97.5 cm³/mol. The van der Waals surface area contributed by atoms with Crippen molar-refractivity contribution in [2.24, 2.45) is 4.99 Å². The number of rotatable bonds is 4. The highest BCUT2D eigenvalue weighted by atomic mass is 32.2. The first-order valence-corrected chi connectivity index (χ1v) is 9.28. The van der Waals surface area contributed by atoms with E-state index in [9.17, 15) is 0 Å². The van der Waals surface area contributed by atoms with E-state index in [1.807, 2.05) is 23.9 Å². The van der Waals surface area contributed by atoms with E-state index in [0.29, 0.717) is 13.2 Å². The molecule has 0 bridgehead atoms. The SMILES string of the molecule is c1cc(CSc2ccccc2C2=NCCCN2)c2c(c1)OCCO2. The zero-order valence-electron chi connectivity index (χ0n) is 13.5. The molecule has 2 aromatic carbocycles. The van der Waals surface area contributed by atoms with Crippen LogP contribution < -0.4 is 14.8 Å². The zero-order chi connectivity index (χ0) is 16.2. The third kappa shape index (κ3) is 3.22. The molecule has 1 N–H and O–H groups in total. The largest absolute Gasteiger partial charge is 0.486 e. The van der Waals surface area contributed by atoms with Crippen molar-refractivity contribution in [1.29, 1.82) is 0 Å². The summed E-state index contributed by atoms with van der Waals surface area (Å²) in [6.07, 6.45) is 1.10. The molecule has 24 heavy (non-hydrogen) atoms. The van der Waals surface area contributed by atoms with Crippen molar-refractivity contribution in [2.75, 3.05) is 26.3 Å². The van der Waals surface area contributed by atoms with Gasteiger partial charge in [0.15, 0.2) is 11.5 Å². The third-order valence-electron chi connectivity index (χ3n) is 4.07. The first kappa shape index (κ1) is 15.4. The summed E-state index contributed by atoms with van der Waals surface area (Å²) in [7, 11) is 0. The molecule has 5 heteroatoms. The minimum absolute atomic E-state index is 0.617. The van der Waals surface area contributed by atoms with Crippen molar-refractivity contribution < 1.29 is 9.47 Å². The summed E-state index contributed by atoms with van der Waals surface area (Å²) >= 11 is 1.81. The minimum Gasteiger partial charge on any atom is -0.486 e. The Balaban J connectivity index is 1.56. The number of aliphatic imine (C=N–C) groups is 1. The van der Waals surface area contributed by atoms with E-state index >= 15 is 0 Å². The lowest BCUT2D eigenvalue weighted by Gasteiger charge is -2.21. The van der Waals surface area contributed by atoms with Gasteiger partial charge in [-0.25, -0.2) is 0 Å². The summed E-state index contributed by atoms with van der Waals surface area (Å²) in [5.74, 6) is 3.60. The normalized spacial score (nSPS) is 16.2. The maximum absolute atomic E-state index is 5.82. The Morgan fingerprint density at radius 1 is 1.04 bits per heavy atom. The number of hydrogen-bond donors (Lipinski definition) is 1. The smallest absolute Gasteiger partial charge is 0.165 e. The zero-order valence-corrected chi connectivity index (χ0v) is 14.3. The number of para-hydroxylation sites is 1. The molecule has 2 aliphatic rings. The lowest BCUT2D eigenvalue weighted by Crippen LogP contribution is -2.30. The van der Waals surface area contributed by atoms with Gasteiger partial charge in [0.25, 0.3) is 0 Å². The number of fused-ring (bicyclic) bond motifs is 1. The fraction of sp³-hybridized carbons (Fsp3) is 0.316. The number of benzene rings is 2. The van der Waals surface area contributed by atoms with Crippen LogP contribution in [0, 0.1) is 0 Å². The van der Waals surface area contributed by atoms with E-state index in [0.717, 1.165) is 42.6 Å². The summed E-state index contributed by atoms with van der Waals surface area (Å²) in [5.41, 5.74) is 2.36. The van der Waals surface area contributed by atoms with Crippen molar-refractivity contribution in [1.82, 2.24) is 5.32 Å². The van der Waals surface area contributed by atoms with Gasteiger partial charge in [0.2, 0.25) is 0 Å². The quantitative estimate of drug-likeness (QED) is 0.865. The van der Waals surface area contributed by atoms with Crippen molar-refractivity contribution in [3.8, 4) is 11.5 Å². The summed E-state index contributed by atoms with van der Waals surface area (Å²) < 4.78 is 11.5. The van der Waals surface area contributed by atoms with Crippen LogP contribution in [0.25, 0.3) is 0 Å². The molecule has 0 fully saturated rings. The lowest BCUT2D eigenvalue weighted by atomic mass is 10.2. The van der Waals surface area contributed by atoms with E-state index in [-0.39, 0.29) is 0 Å². The van der Waals surface area contributed by atoms with Crippen LogP contribution in [0.3, 0.4) is 0 Å². The summed E-state index contributed by atoms with van der Waals surface area (Å²) in [5, 5.41) is 3.42. The highest BCUT2D eigenvalue weighted by Gasteiger charge is 2.17. The number of hydrogen-bond acceptors (Lipinski definition) is 5. The Labute approximate surface area is 146 Å². The number of nitrogens with zero attached hydrogens (tertiary/aromatic N) is 1. The van der Waals surface area contributed by atoms with Gasteiger partial charge >= 0.3 is 0 Å². The standard InChI is InChI=1S/C19H20N2O2S/c1-2-8-17(15(6-1)19-20-9-4-10-21-19)24-13-14-5-3-7-16-18(14)23-12-11-22-16/h1-3,5-8H,4,9-13H2,(H,20,21). The van der Waals surface area contributed by atoms with Gasteiger partial charge < -0.3 is 14.8 Å². The van der Waals surface area contributed by atoms with Gasteiger partial charge in [-0.2, -0.15) is 0 Å². The predicted octanol–water partition coefficient (Wildman–Crippen LogP) is 3.49. The highest BCUT2D eigenvalue weighted by Crippen LogP contribution is 2.37. The van der Waals surface area contributed by atoms with Gasteiger partial charge in [-0.15, -0.1) is 11.8 Å². The average Bonchev–Trinajstić information content (AvgIpc) is 2.67. The van der Waals surface area contributed by atoms with E-state index < -0.39 is 0 Å². The minimum atomic E-state index is 0.617. The molecule has 0 radical (unpaired) electrons. The molecular formula is C19H20N2O2S. The summed E-state index contributed by atoms with van der Waals surface area (Å²) in [4.78, 5) is 5.87. The van der Waals surface area contributed by atoms with Crippen LogP contribution in [-0.4, -0.2) is 32.1 Å². The van der Waals surface area contributed by atoms with Crippen LogP contribution in [0.15, 0.2) is 52.4 Å². The van der Waals surface area contributed by atoms with Crippen LogP contribution >= 0.6 is 11.8 Å². The molecule has 0 atom stereocenters. The van der Waals surface area contributed by atoms with Crippen LogP contribution in [0.4, 0.5) is 0 Å². The molecule has 0 amide bonds. The molecule has 0 unspecified atom stereocenters. The molecule has 4 rings (SSSR count). The van der Waals surface area contributed by atoms with Gasteiger partial charge in [-0.05, 0) is 18.6 Å². The number of amidine groups is 1. The second-order valence-electron chi connectivity index (χ2n) is 5.74. The Hall–Kier alpha value is -2.14. The Bertz CT molecular complexity index is 761. The summed E-state index contributed by atoms with van der Waals surface area (Å²) in [6, 6.07) is 14.6. The monoisotopic (exact) mass is 340 g/mol. The molecule has 2 aromatic rings. The molecule has 4 nitrogen and oxygen atoms in total. The van der Waals surface area contributed by atoms with E-state index in [2.05, 4.69) is 40.6 Å². The molecule has 0 aliphatic carbocycles. The third-order valence-corrected chi connectivity index (χ3v) is 5.19. The highest BCUT2D eigenvalue weighted by molar-refractivity contribution is 7.98. The maximum Gasteiger partial charge on any atom is 0.165 e. The fourth-order valence-electron chi connectivity index (χ4n) is 2.90. The van der Waals surface area contributed by atoms with Crippen molar-refractivity contribution in [3.63, 3.8) is 0 Å². The van der Waals surface area contributed by atoms with Gasteiger partial charge in [0, 0.05) is 34.9 Å². The summed E-state index contributed by atoms with van der Waals surface area (Å²) in [6.45, 7) is 3.14. The molecule has 0 aromatic heterocycles. The van der Waals surface area contributed by atoms with Gasteiger partial charge in [0.05, 0.1) is 0 Å². The first-order valence-electron chi connectivity index (χ1n) is 8.30. The van der Waals surface area contributed by atoms with Crippen molar-refractivity contribution in [3.05, 3.63) is 53.6 Å². The first-order chi connectivity index (χ1) is 11.9. The lowest BCUT2D eigenvalue weighted by molar-refractivity contribution is 0.170. The molecule has 124 valence electrons. The Morgan fingerprint density at radius 3 is 2.88 bits per heavy atom. The Morgan fingerprint density at radius 2 is 1.96 bits per heavy atom. The number of thioether (sulfide) groups is 1. The number of ether oxygens (including phenoxy) is 2. The van der Waals surface area contributed by atoms with Crippen LogP contribution in [0.5, 0.6) is 11.5 Å². The van der Waals surface area contributed by atoms with Gasteiger partial charge in [-0.3, -0.25) is 4.99 Å². The van der Waals surface area contributed by atoms with E-state index in [1.165, 1.54) is 16.0 Å². The molecule has 2 aliphatic heterocycles. The second-order valence-corrected chi connectivity index (χ2v) is 6.75. The van der Waals surface area contributed by atoms with Crippen LogP contribution in [0.1, 0.15) is 17.5 Å². The molecule has 2 heterocycles. The maximum atomic E-state index is 5.82. The van der Waals surface area contributed by atoms with Crippen LogP contribution in [-0.2, 0) is 5.75 Å². The van der Waals surface area contributed by atoms with Crippen molar-refractivity contribution in [2.45, 2.75) is 17.1 Å². The van der Waals surface area contributed by atoms with E-state index in [4.69, 9.17) is 9.47 Å². The van der Waals surface area contributed by atoms with Crippen LogP contribution in [0.2, 0.25) is 0 Å². The van der Waals surface area contributed by atoms with Gasteiger partial charge in [-0.1, -0.05) is 30.3 Å². The van der Waals surface area contributed by atoms with Gasteiger partial charge in [0.1, 0.15) is 19.0 Å². The molecule has 0 saturated heterocycles. The average molecular weight is 340 g/mol. The van der Waals surface area contributed by atoms with Crippen molar-refractivity contribution >= 4 is 17.6 Å². The van der Waals surface area contributed by atoms with E-state index in [1.54, 1.807) is 0 Å². The molecule has 0 spiro atoms. The topological polar surface area (TPSA) is 42.9 Å².